The molecule has 0 saturated carbocycles. The normalized spacial score (nSPS) is 30.9. The van der Waals surface area contributed by atoms with E-state index in [1.165, 1.54) is 0 Å². The Hall–Kier alpha value is -1.56. The van der Waals surface area contributed by atoms with Gasteiger partial charge in [0.2, 0.25) is 6.29 Å². The van der Waals surface area contributed by atoms with E-state index in [-0.39, 0.29) is 6.42 Å². The number of carbonyl (C=O) groups is 2. The Kier molecular flexibility index (Phi) is 8.60. The van der Waals surface area contributed by atoms with Gasteiger partial charge in [-0.3, -0.25) is 4.84 Å². The lowest BCUT2D eigenvalue weighted by Gasteiger charge is -2.43. The van der Waals surface area contributed by atoms with E-state index in [0.29, 0.717) is 6.42 Å². The van der Waals surface area contributed by atoms with Crippen molar-refractivity contribution >= 4 is 11.9 Å². The maximum Gasteiger partial charge on any atom is 0.344 e. The standard InChI is InChI=1S/C16H28N2O8/c1-4-6-16(3,17)7-9-12(21)13(22)14(15(24-9)26-18)25-11(20)8-23-10(19)5-2/h5,9,12-15,21-22H,2,4,6-8,17-18H2,1,3H3. The smallest absolute Gasteiger partial charge is 0.344 e. The number of carbonyl (C=O) groups excluding carboxylic acids is 2. The van der Waals surface area contributed by atoms with E-state index >= 15 is 0 Å². The van der Waals surface area contributed by atoms with Crippen LogP contribution in [0.1, 0.15) is 33.1 Å². The zero-order chi connectivity index (χ0) is 19.9. The number of ether oxygens (including phenoxy) is 3. The predicted molar refractivity (Wildman–Crippen MR) is 89.1 cm³/mol. The molecule has 1 heterocycles. The summed E-state index contributed by atoms with van der Waals surface area (Å²) in [5.74, 6) is 3.38. The number of rotatable bonds is 9. The van der Waals surface area contributed by atoms with E-state index in [1.54, 1.807) is 6.92 Å². The molecule has 0 amide bonds. The van der Waals surface area contributed by atoms with E-state index in [0.717, 1.165) is 12.5 Å². The molecule has 10 nitrogen and oxygen atoms in total. The molecule has 1 saturated heterocycles. The third kappa shape index (κ3) is 6.31. The van der Waals surface area contributed by atoms with Gasteiger partial charge in [-0.2, -0.15) is 0 Å². The van der Waals surface area contributed by atoms with E-state index in [9.17, 15) is 19.8 Å². The molecule has 0 aliphatic carbocycles. The molecule has 26 heavy (non-hydrogen) atoms. The molecule has 10 heteroatoms. The minimum absolute atomic E-state index is 0.233. The third-order valence-electron chi connectivity index (χ3n) is 4.03. The Morgan fingerprint density at radius 3 is 2.54 bits per heavy atom. The monoisotopic (exact) mass is 376 g/mol. The van der Waals surface area contributed by atoms with Crippen LogP contribution in [0, 0.1) is 0 Å². The first-order valence-corrected chi connectivity index (χ1v) is 8.30. The van der Waals surface area contributed by atoms with E-state index < -0.39 is 54.8 Å². The van der Waals surface area contributed by atoms with Crippen molar-refractivity contribution < 1.29 is 38.9 Å². The zero-order valence-electron chi connectivity index (χ0n) is 15.0. The van der Waals surface area contributed by atoms with Gasteiger partial charge in [0.05, 0.1) is 6.10 Å². The first-order chi connectivity index (χ1) is 12.1. The molecule has 1 aliphatic rings. The van der Waals surface area contributed by atoms with Gasteiger partial charge in [-0.05, 0) is 19.8 Å². The number of esters is 2. The second kappa shape index (κ2) is 9.95. The quantitative estimate of drug-likeness (QED) is 0.220. The fourth-order valence-electron chi connectivity index (χ4n) is 2.82. The molecule has 6 unspecified atom stereocenters. The van der Waals surface area contributed by atoms with Gasteiger partial charge in [0.15, 0.2) is 12.7 Å². The highest BCUT2D eigenvalue weighted by Crippen LogP contribution is 2.29. The number of nitrogens with two attached hydrogens (primary N) is 2. The molecule has 0 aromatic heterocycles. The van der Waals surface area contributed by atoms with Crippen LogP contribution in [0.2, 0.25) is 0 Å². The Balaban J connectivity index is 2.74. The van der Waals surface area contributed by atoms with Gasteiger partial charge in [-0.15, -0.1) is 0 Å². The Labute approximate surface area is 152 Å². The topological polar surface area (TPSA) is 164 Å². The maximum atomic E-state index is 11.7. The molecule has 0 radical (unpaired) electrons. The summed E-state index contributed by atoms with van der Waals surface area (Å²) in [5.41, 5.74) is 5.53. The summed E-state index contributed by atoms with van der Waals surface area (Å²) in [7, 11) is 0. The van der Waals surface area contributed by atoms with Crippen LogP contribution >= 0.6 is 0 Å². The first-order valence-electron chi connectivity index (χ1n) is 8.30. The van der Waals surface area contributed by atoms with Crippen molar-refractivity contribution in [2.45, 2.75) is 69.4 Å². The molecule has 6 atom stereocenters. The molecule has 0 bridgehead atoms. The van der Waals surface area contributed by atoms with Gasteiger partial charge in [0.1, 0.15) is 12.2 Å². The van der Waals surface area contributed by atoms with Crippen molar-refractivity contribution in [3.8, 4) is 0 Å². The fourth-order valence-corrected chi connectivity index (χ4v) is 2.82. The summed E-state index contributed by atoms with van der Waals surface area (Å²) >= 11 is 0. The van der Waals surface area contributed by atoms with Crippen molar-refractivity contribution in [1.82, 2.24) is 0 Å². The van der Waals surface area contributed by atoms with Crippen LogP contribution in [-0.2, 0) is 28.6 Å². The SMILES string of the molecule is C=CC(=O)OCC(=O)OC1C(ON)OC(CC(C)(N)CCC)C(O)C1O. The molecular formula is C16H28N2O8. The highest BCUT2D eigenvalue weighted by molar-refractivity contribution is 5.83. The summed E-state index contributed by atoms with van der Waals surface area (Å²) < 4.78 is 15.0. The highest BCUT2D eigenvalue weighted by atomic mass is 16.8. The molecule has 0 aromatic rings. The Bertz CT molecular complexity index is 497. The van der Waals surface area contributed by atoms with Crippen molar-refractivity contribution in [1.29, 1.82) is 0 Å². The fraction of sp³-hybridized carbons (Fsp3) is 0.750. The average molecular weight is 376 g/mol. The maximum absolute atomic E-state index is 11.7. The highest BCUT2D eigenvalue weighted by Gasteiger charge is 2.48. The third-order valence-corrected chi connectivity index (χ3v) is 4.03. The number of hydrogen-bond acceptors (Lipinski definition) is 10. The molecule has 150 valence electrons. The molecule has 0 aromatic carbocycles. The molecule has 1 aliphatic heterocycles. The molecule has 6 N–H and O–H groups in total. The van der Waals surface area contributed by atoms with Crippen molar-refractivity contribution in [2.24, 2.45) is 11.6 Å². The minimum atomic E-state index is -1.53. The number of hydrogen-bond donors (Lipinski definition) is 4. The minimum Gasteiger partial charge on any atom is -0.451 e. The lowest BCUT2D eigenvalue weighted by Crippen LogP contribution is -2.61. The van der Waals surface area contributed by atoms with Crippen molar-refractivity contribution in [2.75, 3.05) is 6.61 Å². The lowest BCUT2D eigenvalue weighted by molar-refractivity contribution is -0.304. The van der Waals surface area contributed by atoms with Crippen LogP contribution in [0.4, 0.5) is 0 Å². The largest absolute Gasteiger partial charge is 0.451 e. The lowest BCUT2D eigenvalue weighted by atomic mass is 9.85. The van der Waals surface area contributed by atoms with Gasteiger partial charge in [-0.25, -0.2) is 15.5 Å². The molecule has 1 rings (SSSR count). The van der Waals surface area contributed by atoms with Gasteiger partial charge in [0.25, 0.3) is 0 Å². The summed E-state index contributed by atoms with van der Waals surface area (Å²) in [6.45, 7) is 6.25. The van der Waals surface area contributed by atoms with Crippen LogP contribution in [0.15, 0.2) is 12.7 Å². The average Bonchev–Trinajstić information content (AvgIpc) is 2.58. The van der Waals surface area contributed by atoms with Gasteiger partial charge in [0, 0.05) is 11.6 Å². The van der Waals surface area contributed by atoms with Gasteiger partial charge < -0.3 is 30.2 Å². The summed E-state index contributed by atoms with van der Waals surface area (Å²) in [4.78, 5) is 27.3. The zero-order valence-corrected chi connectivity index (χ0v) is 15.0. The van der Waals surface area contributed by atoms with Gasteiger partial charge in [-0.1, -0.05) is 19.9 Å². The van der Waals surface area contributed by atoms with Crippen LogP contribution in [0.3, 0.4) is 0 Å². The molecular weight excluding hydrogens is 348 g/mol. The second-order valence-corrected chi connectivity index (χ2v) is 6.53. The number of aliphatic hydroxyl groups is 2. The molecule has 1 fully saturated rings. The summed E-state index contributed by atoms with van der Waals surface area (Å²) in [6, 6.07) is 0. The Morgan fingerprint density at radius 1 is 1.35 bits per heavy atom. The predicted octanol–water partition coefficient (Wildman–Crippen LogP) is -1.13. The van der Waals surface area contributed by atoms with E-state index in [2.05, 4.69) is 16.2 Å². The van der Waals surface area contributed by atoms with Gasteiger partial charge >= 0.3 is 11.9 Å². The van der Waals surface area contributed by atoms with Crippen LogP contribution in [-0.4, -0.2) is 65.0 Å². The first kappa shape index (κ1) is 22.5. The second-order valence-electron chi connectivity index (χ2n) is 6.53. The summed E-state index contributed by atoms with van der Waals surface area (Å²) in [5, 5.41) is 20.6. The van der Waals surface area contributed by atoms with E-state index in [1.807, 2.05) is 6.92 Å². The van der Waals surface area contributed by atoms with E-state index in [4.69, 9.17) is 21.1 Å². The summed E-state index contributed by atoms with van der Waals surface area (Å²) in [6.07, 6.45) is -3.88. The molecule has 0 spiro atoms. The van der Waals surface area contributed by atoms with Crippen LogP contribution in [0.5, 0.6) is 0 Å². The Morgan fingerprint density at radius 2 is 2.00 bits per heavy atom. The van der Waals surface area contributed by atoms with Crippen LogP contribution < -0.4 is 11.6 Å². The van der Waals surface area contributed by atoms with Crippen molar-refractivity contribution in [3.05, 3.63) is 12.7 Å². The van der Waals surface area contributed by atoms with Crippen LogP contribution in [0.25, 0.3) is 0 Å². The van der Waals surface area contributed by atoms with Crippen molar-refractivity contribution in [3.63, 3.8) is 0 Å². The number of aliphatic hydroxyl groups excluding tert-OH is 2.